The zero-order valence-corrected chi connectivity index (χ0v) is 13.2. The van der Waals surface area contributed by atoms with Gasteiger partial charge in [0.1, 0.15) is 6.10 Å². The SMILES string of the molecule is Cc1ccc(S(=O)(=O)OCC2CO2)c(Cc2ccccc2)c1. The maximum absolute atomic E-state index is 12.4. The zero-order chi connectivity index (χ0) is 15.6. The third-order valence-electron chi connectivity index (χ3n) is 3.53. The Kier molecular flexibility index (Phi) is 4.29. The third kappa shape index (κ3) is 3.74. The smallest absolute Gasteiger partial charge is 0.297 e. The zero-order valence-electron chi connectivity index (χ0n) is 12.4. The first-order chi connectivity index (χ1) is 10.5. The van der Waals surface area contributed by atoms with Gasteiger partial charge in [0.05, 0.1) is 18.1 Å². The lowest BCUT2D eigenvalue weighted by atomic mass is 10.0. The van der Waals surface area contributed by atoms with Crippen molar-refractivity contribution < 1.29 is 17.3 Å². The van der Waals surface area contributed by atoms with Crippen LogP contribution in [0.25, 0.3) is 0 Å². The number of benzene rings is 2. The second-order valence-electron chi connectivity index (χ2n) is 5.47. The second kappa shape index (κ2) is 6.20. The lowest BCUT2D eigenvalue weighted by Crippen LogP contribution is -2.13. The van der Waals surface area contributed by atoms with E-state index >= 15 is 0 Å². The molecule has 0 radical (unpaired) electrons. The van der Waals surface area contributed by atoms with Crippen LogP contribution in [-0.4, -0.2) is 27.7 Å². The van der Waals surface area contributed by atoms with Gasteiger partial charge in [0.15, 0.2) is 0 Å². The van der Waals surface area contributed by atoms with Crippen LogP contribution in [0.15, 0.2) is 53.4 Å². The number of ether oxygens (including phenoxy) is 1. The fourth-order valence-corrected chi connectivity index (χ4v) is 3.44. The molecule has 1 unspecified atom stereocenters. The summed E-state index contributed by atoms with van der Waals surface area (Å²) in [7, 11) is -3.76. The van der Waals surface area contributed by atoms with E-state index in [1.165, 1.54) is 0 Å². The highest BCUT2D eigenvalue weighted by Gasteiger charge is 2.27. The fraction of sp³-hybridized carbons (Fsp3) is 0.294. The van der Waals surface area contributed by atoms with Crippen molar-refractivity contribution in [2.75, 3.05) is 13.2 Å². The van der Waals surface area contributed by atoms with Gasteiger partial charge in [-0.25, -0.2) is 0 Å². The Morgan fingerprint density at radius 3 is 2.59 bits per heavy atom. The fourth-order valence-electron chi connectivity index (χ4n) is 2.30. The van der Waals surface area contributed by atoms with Crippen LogP contribution in [0.2, 0.25) is 0 Å². The molecule has 0 saturated carbocycles. The highest BCUT2D eigenvalue weighted by Crippen LogP contribution is 2.23. The second-order valence-corrected chi connectivity index (χ2v) is 7.05. The molecular formula is C17H18O4S. The van der Waals surface area contributed by atoms with Gasteiger partial charge in [-0.2, -0.15) is 8.42 Å². The van der Waals surface area contributed by atoms with E-state index in [-0.39, 0.29) is 17.6 Å². The maximum Gasteiger partial charge on any atom is 0.297 e. The van der Waals surface area contributed by atoms with Gasteiger partial charge in [-0.1, -0.05) is 48.0 Å². The summed E-state index contributed by atoms with van der Waals surface area (Å²) < 4.78 is 34.9. The summed E-state index contributed by atoms with van der Waals surface area (Å²) in [6, 6.07) is 15.1. The molecule has 2 aromatic carbocycles. The van der Waals surface area contributed by atoms with Gasteiger partial charge in [0, 0.05) is 0 Å². The minimum absolute atomic E-state index is 0.0843. The predicted octanol–water partition coefficient (Wildman–Crippen LogP) is 2.69. The molecule has 1 fully saturated rings. The molecule has 0 aromatic heterocycles. The molecule has 22 heavy (non-hydrogen) atoms. The van der Waals surface area contributed by atoms with Crippen molar-refractivity contribution >= 4 is 10.1 Å². The van der Waals surface area contributed by atoms with Crippen molar-refractivity contribution in [2.45, 2.75) is 24.3 Å². The summed E-state index contributed by atoms with van der Waals surface area (Å²) in [6.45, 7) is 2.60. The van der Waals surface area contributed by atoms with Crippen LogP contribution in [0.4, 0.5) is 0 Å². The molecule has 0 amide bonds. The van der Waals surface area contributed by atoms with Gasteiger partial charge >= 0.3 is 0 Å². The molecule has 2 aromatic rings. The van der Waals surface area contributed by atoms with E-state index in [9.17, 15) is 8.42 Å². The first kappa shape index (κ1) is 15.2. The van der Waals surface area contributed by atoms with Crippen molar-refractivity contribution in [1.82, 2.24) is 0 Å². The Bertz CT molecular complexity index is 749. The van der Waals surface area contributed by atoms with Crippen LogP contribution in [0.5, 0.6) is 0 Å². The summed E-state index contributed by atoms with van der Waals surface area (Å²) in [5.41, 5.74) is 2.84. The quantitative estimate of drug-likeness (QED) is 0.607. The van der Waals surface area contributed by atoms with Gasteiger partial charge in [-0.15, -0.1) is 0 Å². The largest absolute Gasteiger partial charge is 0.371 e. The number of aryl methyl sites for hydroxylation is 1. The molecular weight excluding hydrogens is 300 g/mol. The molecule has 5 heteroatoms. The highest BCUT2D eigenvalue weighted by molar-refractivity contribution is 7.86. The monoisotopic (exact) mass is 318 g/mol. The van der Waals surface area contributed by atoms with Gasteiger partial charge < -0.3 is 4.74 Å². The van der Waals surface area contributed by atoms with Crippen molar-refractivity contribution in [1.29, 1.82) is 0 Å². The van der Waals surface area contributed by atoms with E-state index < -0.39 is 10.1 Å². The van der Waals surface area contributed by atoms with Gasteiger partial charge in [-0.05, 0) is 30.5 Å². The summed E-state index contributed by atoms with van der Waals surface area (Å²) in [6.07, 6.45) is 0.471. The summed E-state index contributed by atoms with van der Waals surface area (Å²) in [5.74, 6) is 0. The average Bonchev–Trinajstić information content (AvgIpc) is 3.30. The molecule has 116 valence electrons. The minimum atomic E-state index is -3.76. The van der Waals surface area contributed by atoms with E-state index in [0.717, 1.165) is 16.7 Å². The maximum atomic E-state index is 12.4. The molecule has 1 aliphatic rings. The van der Waals surface area contributed by atoms with E-state index in [4.69, 9.17) is 8.92 Å². The minimum Gasteiger partial charge on any atom is -0.371 e. The number of epoxide rings is 1. The number of hydrogen-bond donors (Lipinski definition) is 0. The normalized spacial score (nSPS) is 17.4. The van der Waals surface area contributed by atoms with Gasteiger partial charge in [0.2, 0.25) is 0 Å². The molecule has 1 atom stereocenters. The van der Waals surface area contributed by atoms with Crippen LogP contribution >= 0.6 is 0 Å². The molecule has 0 aliphatic carbocycles. The van der Waals surface area contributed by atoms with Crippen molar-refractivity contribution in [3.8, 4) is 0 Å². The molecule has 0 spiro atoms. The Labute approximate surface area is 130 Å². The molecule has 1 aliphatic heterocycles. The molecule has 3 rings (SSSR count). The molecule has 1 heterocycles. The Hall–Kier alpha value is -1.69. The van der Waals surface area contributed by atoms with Crippen molar-refractivity contribution in [2.24, 2.45) is 0 Å². The summed E-state index contributed by atoms with van der Waals surface area (Å²) in [5, 5.41) is 0. The Morgan fingerprint density at radius 1 is 1.18 bits per heavy atom. The van der Waals surface area contributed by atoms with Crippen LogP contribution in [-0.2, 0) is 25.5 Å². The topological polar surface area (TPSA) is 55.9 Å². The van der Waals surface area contributed by atoms with Crippen LogP contribution in [0.3, 0.4) is 0 Å². The van der Waals surface area contributed by atoms with E-state index in [1.54, 1.807) is 12.1 Å². The predicted molar refractivity (Wildman–Crippen MR) is 83.3 cm³/mol. The lowest BCUT2D eigenvalue weighted by molar-refractivity contribution is 0.266. The Morgan fingerprint density at radius 2 is 1.91 bits per heavy atom. The van der Waals surface area contributed by atoms with Crippen molar-refractivity contribution in [3.05, 3.63) is 65.2 Å². The highest BCUT2D eigenvalue weighted by atomic mass is 32.2. The molecule has 4 nitrogen and oxygen atoms in total. The average molecular weight is 318 g/mol. The van der Waals surface area contributed by atoms with Crippen LogP contribution in [0.1, 0.15) is 16.7 Å². The third-order valence-corrected chi connectivity index (χ3v) is 4.92. The number of rotatable bonds is 6. The van der Waals surface area contributed by atoms with Crippen LogP contribution < -0.4 is 0 Å². The van der Waals surface area contributed by atoms with Crippen molar-refractivity contribution in [3.63, 3.8) is 0 Å². The lowest BCUT2D eigenvalue weighted by Gasteiger charge is -2.11. The van der Waals surface area contributed by atoms with Crippen LogP contribution in [0, 0.1) is 6.92 Å². The first-order valence-corrected chi connectivity index (χ1v) is 8.60. The first-order valence-electron chi connectivity index (χ1n) is 7.19. The Balaban J connectivity index is 1.89. The van der Waals surface area contributed by atoms with E-state index in [1.807, 2.05) is 43.3 Å². The standard InChI is InChI=1S/C17H18O4S/c1-13-7-8-17(22(18,19)21-12-16-11-20-16)15(9-13)10-14-5-3-2-4-6-14/h2-9,16H,10-12H2,1H3. The molecule has 0 bridgehead atoms. The van der Waals surface area contributed by atoms with E-state index in [0.29, 0.717) is 13.0 Å². The summed E-state index contributed by atoms with van der Waals surface area (Å²) >= 11 is 0. The number of hydrogen-bond acceptors (Lipinski definition) is 4. The van der Waals surface area contributed by atoms with Gasteiger partial charge in [-0.3, -0.25) is 4.18 Å². The van der Waals surface area contributed by atoms with Gasteiger partial charge in [0.25, 0.3) is 10.1 Å². The summed E-state index contributed by atoms with van der Waals surface area (Å²) in [4.78, 5) is 0.239. The molecule has 1 saturated heterocycles. The van der Waals surface area contributed by atoms with E-state index in [2.05, 4.69) is 0 Å². The molecule has 0 N–H and O–H groups in total.